The van der Waals surface area contributed by atoms with E-state index in [0.717, 1.165) is 5.75 Å². The molecule has 82 valence electrons. The van der Waals surface area contributed by atoms with Crippen LogP contribution >= 0.6 is 23.4 Å². The number of amides is 1. The van der Waals surface area contributed by atoms with E-state index in [9.17, 15) is 4.79 Å². The Balaban J connectivity index is 2.61. The van der Waals surface area contributed by atoms with Crippen LogP contribution in [0.5, 0.6) is 0 Å². The molecule has 1 aromatic rings. The van der Waals surface area contributed by atoms with Crippen LogP contribution in [0.3, 0.4) is 0 Å². The van der Waals surface area contributed by atoms with Gasteiger partial charge in [0.15, 0.2) is 0 Å². The Morgan fingerprint density at radius 3 is 2.93 bits per heavy atom. The molecule has 0 heterocycles. The van der Waals surface area contributed by atoms with Crippen LogP contribution in [0, 0.1) is 0 Å². The lowest BCUT2D eigenvalue weighted by molar-refractivity contribution is 0.0944. The van der Waals surface area contributed by atoms with Gasteiger partial charge in [-0.3, -0.25) is 4.79 Å². The molecule has 2 nitrogen and oxygen atoms in total. The van der Waals surface area contributed by atoms with Crippen LogP contribution in [-0.4, -0.2) is 24.0 Å². The molecule has 0 saturated heterocycles. The van der Waals surface area contributed by atoms with E-state index >= 15 is 0 Å². The van der Waals surface area contributed by atoms with E-state index < -0.39 is 0 Å². The third-order valence-electron chi connectivity index (χ3n) is 1.88. The van der Waals surface area contributed by atoms with E-state index in [1.807, 2.05) is 13.2 Å². The highest BCUT2D eigenvalue weighted by atomic mass is 35.5. The molecule has 1 atom stereocenters. The summed E-state index contributed by atoms with van der Waals surface area (Å²) < 4.78 is 0. The maximum absolute atomic E-state index is 11.7. The Kier molecular flexibility index (Phi) is 4.99. The van der Waals surface area contributed by atoms with E-state index in [2.05, 4.69) is 5.32 Å². The smallest absolute Gasteiger partial charge is 0.251 e. The van der Waals surface area contributed by atoms with Crippen molar-refractivity contribution in [1.82, 2.24) is 5.32 Å². The summed E-state index contributed by atoms with van der Waals surface area (Å²) in [6.07, 6.45) is 2.02. The predicted molar refractivity (Wildman–Crippen MR) is 66.8 cm³/mol. The van der Waals surface area contributed by atoms with E-state index in [-0.39, 0.29) is 11.9 Å². The number of carbonyl (C=O) groups excluding carboxylic acids is 1. The molecule has 1 rings (SSSR count). The first kappa shape index (κ1) is 12.4. The summed E-state index contributed by atoms with van der Waals surface area (Å²) >= 11 is 7.51. The van der Waals surface area contributed by atoms with Gasteiger partial charge in [-0.25, -0.2) is 0 Å². The number of rotatable bonds is 4. The van der Waals surface area contributed by atoms with Crippen LogP contribution in [-0.2, 0) is 0 Å². The third-order valence-corrected chi connectivity index (χ3v) is 2.95. The highest BCUT2D eigenvalue weighted by Crippen LogP contribution is 2.10. The van der Waals surface area contributed by atoms with Crippen molar-refractivity contribution in [3.63, 3.8) is 0 Å². The quantitative estimate of drug-likeness (QED) is 0.881. The van der Waals surface area contributed by atoms with Gasteiger partial charge in [-0.05, 0) is 31.4 Å². The van der Waals surface area contributed by atoms with Crippen molar-refractivity contribution < 1.29 is 4.79 Å². The summed E-state index contributed by atoms with van der Waals surface area (Å²) in [6.45, 7) is 1.99. The molecule has 4 heteroatoms. The molecule has 1 unspecified atom stereocenters. The molecule has 0 saturated carbocycles. The summed E-state index contributed by atoms with van der Waals surface area (Å²) in [5.41, 5.74) is 0.607. The van der Waals surface area contributed by atoms with Gasteiger partial charge in [0.05, 0.1) is 0 Å². The van der Waals surface area contributed by atoms with Crippen LogP contribution in [0.25, 0.3) is 0 Å². The first-order valence-electron chi connectivity index (χ1n) is 4.69. The second-order valence-electron chi connectivity index (χ2n) is 3.34. The van der Waals surface area contributed by atoms with Gasteiger partial charge in [-0.2, -0.15) is 11.8 Å². The summed E-state index contributed by atoms with van der Waals surface area (Å²) in [5.74, 6) is 0.839. The molecule has 1 amide bonds. The fourth-order valence-electron chi connectivity index (χ4n) is 1.23. The number of nitrogens with one attached hydrogen (secondary N) is 1. The zero-order valence-corrected chi connectivity index (χ0v) is 10.4. The molecule has 0 aliphatic heterocycles. The normalized spacial score (nSPS) is 12.2. The minimum Gasteiger partial charge on any atom is -0.349 e. The van der Waals surface area contributed by atoms with Crippen molar-refractivity contribution in [1.29, 1.82) is 0 Å². The largest absolute Gasteiger partial charge is 0.349 e. The predicted octanol–water partition coefficient (Wildman–Crippen LogP) is 2.82. The average molecular weight is 244 g/mol. The van der Waals surface area contributed by atoms with Gasteiger partial charge in [-0.1, -0.05) is 17.7 Å². The van der Waals surface area contributed by atoms with Gasteiger partial charge in [0.25, 0.3) is 5.91 Å². The van der Waals surface area contributed by atoms with Gasteiger partial charge >= 0.3 is 0 Å². The fourth-order valence-corrected chi connectivity index (χ4v) is 2.00. The van der Waals surface area contributed by atoms with Gasteiger partial charge in [-0.15, -0.1) is 0 Å². The fraction of sp³-hybridized carbons (Fsp3) is 0.364. The monoisotopic (exact) mass is 243 g/mol. The molecule has 0 fully saturated rings. The molecule has 0 aromatic heterocycles. The average Bonchev–Trinajstić information content (AvgIpc) is 2.18. The van der Waals surface area contributed by atoms with Gasteiger partial charge < -0.3 is 5.32 Å². The van der Waals surface area contributed by atoms with Crippen LogP contribution in [0.15, 0.2) is 24.3 Å². The first-order valence-corrected chi connectivity index (χ1v) is 6.46. The van der Waals surface area contributed by atoms with Crippen molar-refractivity contribution in [2.45, 2.75) is 13.0 Å². The number of benzene rings is 1. The number of carbonyl (C=O) groups is 1. The molecule has 15 heavy (non-hydrogen) atoms. The summed E-state index contributed by atoms with van der Waals surface area (Å²) in [4.78, 5) is 11.7. The maximum atomic E-state index is 11.7. The Morgan fingerprint density at radius 2 is 2.33 bits per heavy atom. The van der Waals surface area contributed by atoms with Crippen LogP contribution in [0.4, 0.5) is 0 Å². The van der Waals surface area contributed by atoms with Gasteiger partial charge in [0.2, 0.25) is 0 Å². The lowest BCUT2D eigenvalue weighted by atomic mass is 10.2. The zero-order chi connectivity index (χ0) is 11.3. The SMILES string of the molecule is CSCC(C)NC(=O)c1cccc(Cl)c1. The Labute approximate surface area is 99.4 Å². The topological polar surface area (TPSA) is 29.1 Å². The number of halogens is 1. The lowest BCUT2D eigenvalue weighted by Crippen LogP contribution is -2.34. The highest BCUT2D eigenvalue weighted by Gasteiger charge is 2.08. The molecule has 0 bridgehead atoms. The molecule has 0 spiro atoms. The Hall–Kier alpha value is -0.670. The van der Waals surface area contributed by atoms with Crippen molar-refractivity contribution in [2.75, 3.05) is 12.0 Å². The van der Waals surface area contributed by atoms with E-state index in [0.29, 0.717) is 10.6 Å². The van der Waals surface area contributed by atoms with Crippen LogP contribution in [0.1, 0.15) is 17.3 Å². The standard InChI is InChI=1S/C11H14ClNOS/c1-8(7-15-2)13-11(14)9-4-3-5-10(12)6-9/h3-6,8H,7H2,1-2H3,(H,13,14). The number of hydrogen-bond donors (Lipinski definition) is 1. The lowest BCUT2D eigenvalue weighted by Gasteiger charge is -2.12. The van der Waals surface area contributed by atoms with E-state index in [1.54, 1.807) is 36.0 Å². The minimum atomic E-state index is -0.0703. The van der Waals surface area contributed by atoms with Crippen molar-refractivity contribution in [3.8, 4) is 0 Å². The molecule has 0 aliphatic carbocycles. The summed E-state index contributed by atoms with van der Waals surface area (Å²) in [7, 11) is 0. The number of thioether (sulfide) groups is 1. The third kappa shape index (κ3) is 4.14. The summed E-state index contributed by atoms with van der Waals surface area (Å²) in [5, 5.41) is 3.49. The summed E-state index contributed by atoms with van der Waals surface area (Å²) in [6, 6.07) is 7.13. The second kappa shape index (κ2) is 6.03. The van der Waals surface area contributed by atoms with E-state index in [1.165, 1.54) is 0 Å². The van der Waals surface area contributed by atoms with Gasteiger partial charge in [0, 0.05) is 22.4 Å². The maximum Gasteiger partial charge on any atom is 0.251 e. The van der Waals surface area contributed by atoms with Gasteiger partial charge in [0.1, 0.15) is 0 Å². The zero-order valence-electron chi connectivity index (χ0n) is 8.79. The molecule has 1 N–H and O–H groups in total. The van der Waals surface area contributed by atoms with Crippen molar-refractivity contribution >= 4 is 29.3 Å². The molecular formula is C11H14ClNOS. The minimum absolute atomic E-state index is 0.0703. The molecule has 0 radical (unpaired) electrons. The molecular weight excluding hydrogens is 230 g/mol. The van der Waals surface area contributed by atoms with Crippen molar-refractivity contribution in [2.24, 2.45) is 0 Å². The van der Waals surface area contributed by atoms with Crippen molar-refractivity contribution in [3.05, 3.63) is 34.9 Å². The number of hydrogen-bond acceptors (Lipinski definition) is 2. The van der Waals surface area contributed by atoms with Crippen LogP contribution < -0.4 is 5.32 Å². The Bertz CT molecular complexity index is 343. The van der Waals surface area contributed by atoms with Crippen LogP contribution in [0.2, 0.25) is 5.02 Å². The Morgan fingerprint density at radius 1 is 1.60 bits per heavy atom. The van der Waals surface area contributed by atoms with E-state index in [4.69, 9.17) is 11.6 Å². The molecule has 0 aliphatic rings. The second-order valence-corrected chi connectivity index (χ2v) is 4.69. The molecule has 1 aromatic carbocycles. The highest BCUT2D eigenvalue weighted by molar-refractivity contribution is 7.98. The first-order chi connectivity index (χ1) is 7.13.